The second-order valence-corrected chi connectivity index (χ2v) is 7.08. The van der Waals surface area contributed by atoms with Crippen LogP contribution >= 0.6 is 15.9 Å². The maximum absolute atomic E-state index is 11.8. The van der Waals surface area contributed by atoms with E-state index in [-0.39, 0.29) is 12.1 Å². The average molecular weight is 377 g/mol. The zero-order valence-corrected chi connectivity index (χ0v) is 16.5. The smallest absolute Gasteiger partial charge is 0.306 e. The number of carbonyl (C=O) groups is 1. The van der Waals surface area contributed by atoms with Gasteiger partial charge in [-0.15, -0.1) is 0 Å². The summed E-state index contributed by atoms with van der Waals surface area (Å²) in [5, 5.41) is 1.09. The van der Waals surface area contributed by atoms with Crippen LogP contribution in [0.1, 0.15) is 104 Å². The molecular weight excluding hydrogens is 340 g/mol. The lowest BCUT2D eigenvalue weighted by Gasteiger charge is -2.16. The number of ether oxygens (including phenoxy) is 1. The van der Waals surface area contributed by atoms with Crippen LogP contribution in [-0.2, 0) is 9.53 Å². The lowest BCUT2D eigenvalue weighted by atomic mass is 10.1. The van der Waals surface area contributed by atoms with Crippen LogP contribution in [-0.4, -0.2) is 17.4 Å². The summed E-state index contributed by atoms with van der Waals surface area (Å²) in [6.07, 6.45) is 16.4. The normalized spacial score (nSPS) is 12.3. The van der Waals surface area contributed by atoms with Gasteiger partial charge in [-0.25, -0.2) is 0 Å². The van der Waals surface area contributed by atoms with E-state index >= 15 is 0 Å². The summed E-state index contributed by atoms with van der Waals surface area (Å²) >= 11 is 3.44. The Hall–Kier alpha value is -0.0500. The molecule has 3 heteroatoms. The van der Waals surface area contributed by atoms with Crippen LogP contribution in [0.4, 0.5) is 0 Å². The molecule has 0 saturated heterocycles. The van der Waals surface area contributed by atoms with Crippen molar-refractivity contribution in [3.8, 4) is 0 Å². The Morgan fingerprint density at radius 2 is 1.45 bits per heavy atom. The SMILES string of the molecule is CCCCCCCCC(CC)OC(=O)CCCCCCCBr. The van der Waals surface area contributed by atoms with Crippen LogP contribution in [0.15, 0.2) is 0 Å². The Balaban J connectivity index is 3.54. The Kier molecular flexibility index (Phi) is 17.3. The molecule has 0 heterocycles. The van der Waals surface area contributed by atoms with E-state index in [0.29, 0.717) is 6.42 Å². The van der Waals surface area contributed by atoms with Crippen molar-refractivity contribution >= 4 is 21.9 Å². The van der Waals surface area contributed by atoms with E-state index < -0.39 is 0 Å². The van der Waals surface area contributed by atoms with E-state index in [1.807, 2.05) is 0 Å². The number of unbranched alkanes of at least 4 members (excludes halogenated alkanes) is 9. The number of rotatable bonds is 16. The molecule has 0 radical (unpaired) electrons. The molecule has 0 rings (SSSR count). The highest BCUT2D eigenvalue weighted by Crippen LogP contribution is 2.14. The van der Waals surface area contributed by atoms with Gasteiger partial charge in [-0.2, -0.15) is 0 Å². The molecule has 0 aliphatic rings. The second-order valence-electron chi connectivity index (χ2n) is 6.28. The summed E-state index contributed by atoms with van der Waals surface area (Å²) in [5.41, 5.74) is 0. The van der Waals surface area contributed by atoms with Gasteiger partial charge >= 0.3 is 5.97 Å². The van der Waals surface area contributed by atoms with Crippen molar-refractivity contribution in [1.29, 1.82) is 0 Å². The number of halogens is 1. The molecule has 0 amide bonds. The van der Waals surface area contributed by atoms with Crippen molar-refractivity contribution in [2.75, 3.05) is 5.33 Å². The Morgan fingerprint density at radius 1 is 0.864 bits per heavy atom. The molecule has 2 nitrogen and oxygen atoms in total. The Labute approximate surface area is 146 Å². The van der Waals surface area contributed by atoms with E-state index in [1.165, 1.54) is 57.8 Å². The van der Waals surface area contributed by atoms with Gasteiger partial charge in [0.25, 0.3) is 0 Å². The summed E-state index contributed by atoms with van der Waals surface area (Å²) in [6.45, 7) is 4.36. The van der Waals surface area contributed by atoms with E-state index in [9.17, 15) is 4.79 Å². The summed E-state index contributed by atoms with van der Waals surface area (Å²) in [5.74, 6) is 0.0123. The van der Waals surface area contributed by atoms with Crippen molar-refractivity contribution in [1.82, 2.24) is 0 Å². The third-order valence-corrected chi connectivity index (χ3v) is 4.71. The van der Waals surface area contributed by atoms with Crippen LogP contribution < -0.4 is 0 Å². The fourth-order valence-corrected chi connectivity index (χ4v) is 3.03. The first-order valence-corrected chi connectivity index (χ1v) is 10.6. The van der Waals surface area contributed by atoms with Gasteiger partial charge in [0, 0.05) is 11.8 Å². The van der Waals surface area contributed by atoms with E-state index in [1.54, 1.807) is 0 Å². The van der Waals surface area contributed by atoms with Gasteiger partial charge in [-0.3, -0.25) is 4.79 Å². The van der Waals surface area contributed by atoms with Gasteiger partial charge < -0.3 is 4.74 Å². The van der Waals surface area contributed by atoms with Crippen LogP contribution in [0.5, 0.6) is 0 Å². The van der Waals surface area contributed by atoms with Gasteiger partial charge in [0.1, 0.15) is 6.10 Å². The predicted octanol–water partition coefficient (Wildman–Crippen LogP) is 6.79. The van der Waals surface area contributed by atoms with Gasteiger partial charge in [-0.05, 0) is 32.1 Å². The minimum Gasteiger partial charge on any atom is -0.462 e. The first-order chi connectivity index (χ1) is 10.7. The number of hydrogen-bond acceptors (Lipinski definition) is 2. The zero-order chi connectivity index (χ0) is 16.5. The summed E-state index contributed by atoms with van der Waals surface area (Å²) < 4.78 is 5.61. The highest BCUT2D eigenvalue weighted by atomic mass is 79.9. The summed E-state index contributed by atoms with van der Waals surface area (Å²) in [4.78, 5) is 11.8. The largest absolute Gasteiger partial charge is 0.462 e. The van der Waals surface area contributed by atoms with Gasteiger partial charge in [0.05, 0.1) is 0 Å². The van der Waals surface area contributed by atoms with Crippen LogP contribution in [0, 0.1) is 0 Å². The average Bonchev–Trinajstić information content (AvgIpc) is 2.52. The van der Waals surface area contributed by atoms with Crippen LogP contribution in [0.3, 0.4) is 0 Å². The molecule has 0 saturated carbocycles. The van der Waals surface area contributed by atoms with E-state index in [4.69, 9.17) is 4.74 Å². The van der Waals surface area contributed by atoms with Crippen molar-refractivity contribution in [2.45, 2.75) is 110 Å². The summed E-state index contributed by atoms with van der Waals surface area (Å²) in [6, 6.07) is 0. The van der Waals surface area contributed by atoms with Crippen molar-refractivity contribution in [3.63, 3.8) is 0 Å². The number of carbonyl (C=O) groups excluding carboxylic acids is 1. The van der Waals surface area contributed by atoms with E-state index in [0.717, 1.165) is 31.0 Å². The number of esters is 1. The number of alkyl halides is 1. The maximum atomic E-state index is 11.8. The molecule has 0 fully saturated rings. The molecule has 0 aromatic rings. The molecule has 0 aromatic heterocycles. The molecule has 0 N–H and O–H groups in total. The molecule has 22 heavy (non-hydrogen) atoms. The Morgan fingerprint density at radius 3 is 2.09 bits per heavy atom. The van der Waals surface area contributed by atoms with Gasteiger partial charge in [0.2, 0.25) is 0 Å². The van der Waals surface area contributed by atoms with Crippen molar-refractivity contribution in [2.24, 2.45) is 0 Å². The van der Waals surface area contributed by atoms with Gasteiger partial charge in [0.15, 0.2) is 0 Å². The third-order valence-electron chi connectivity index (χ3n) is 4.15. The minimum atomic E-state index is 0.0123. The molecule has 0 aliphatic heterocycles. The van der Waals surface area contributed by atoms with E-state index in [2.05, 4.69) is 29.8 Å². The molecular formula is C19H37BrO2. The van der Waals surface area contributed by atoms with Crippen molar-refractivity contribution < 1.29 is 9.53 Å². The highest BCUT2D eigenvalue weighted by Gasteiger charge is 2.11. The second kappa shape index (κ2) is 17.3. The zero-order valence-electron chi connectivity index (χ0n) is 14.9. The third kappa shape index (κ3) is 14.9. The summed E-state index contributed by atoms with van der Waals surface area (Å²) in [7, 11) is 0. The lowest BCUT2D eigenvalue weighted by molar-refractivity contribution is -0.149. The monoisotopic (exact) mass is 376 g/mol. The molecule has 0 spiro atoms. The fourth-order valence-electron chi connectivity index (χ4n) is 2.64. The Bertz CT molecular complexity index is 244. The van der Waals surface area contributed by atoms with Crippen LogP contribution in [0.25, 0.3) is 0 Å². The topological polar surface area (TPSA) is 26.3 Å². The molecule has 0 bridgehead atoms. The highest BCUT2D eigenvalue weighted by molar-refractivity contribution is 9.09. The molecule has 132 valence electrons. The molecule has 1 atom stereocenters. The number of hydrogen-bond donors (Lipinski definition) is 0. The first kappa shape index (κ1) is 21.9. The molecule has 1 unspecified atom stereocenters. The predicted molar refractivity (Wildman–Crippen MR) is 99.7 cm³/mol. The molecule has 0 aromatic carbocycles. The van der Waals surface area contributed by atoms with Crippen LogP contribution in [0.2, 0.25) is 0 Å². The minimum absolute atomic E-state index is 0.0123. The first-order valence-electron chi connectivity index (χ1n) is 9.50. The standard InChI is InChI=1S/C19H37BrO2/c1-3-5-6-7-9-12-15-18(4-2)22-19(21)16-13-10-8-11-14-17-20/h18H,3-17H2,1-2H3. The lowest BCUT2D eigenvalue weighted by Crippen LogP contribution is -2.17. The molecule has 0 aliphatic carbocycles. The van der Waals surface area contributed by atoms with Crippen molar-refractivity contribution in [3.05, 3.63) is 0 Å². The fraction of sp³-hybridized carbons (Fsp3) is 0.947. The maximum Gasteiger partial charge on any atom is 0.306 e. The quantitative estimate of drug-likeness (QED) is 0.168. The van der Waals surface area contributed by atoms with Gasteiger partial charge in [-0.1, -0.05) is 81.1 Å².